The van der Waals surface area contributed by atoms with E-state index >= 15 is 0 Å². The van der Waals surface area contributed by atoms with Gasteiger partial charge in [-0.25, -0.2) is 0 Å². The smallest absolute Gasteiger partial charge is 0.225 e. The predicted octanol–water partition coefficient (Wildman–Crippen LogP) is 0.997. The second kappa shape index (κ2) is 7.55. The maximum Gasteiger partial charge on any atom is 0.225 e. The van der Waals surface area contributed by atoms with Gasteiger partial charge < -0.3 is 29.9 Å². The first-order valence-electron chi connectivity index (χ1n) is 9.65. The van der Waals surface area contributed by atoms with Gasteiger partial charge >= 0.3 is 0 Å². The minimum Gasteiger partial charge on any atom is -0.394 e. The molecule has 6 heteroatoms. The van der Waals surface area contributed by atoms with Crippen LogP contribution in [0.1, 0.15) is 34.7 Å². The fourth-order valence-corrected chi connectivity index (χ4v) is 4.06. The van der Waals surface area contributed by atoms with Crippen molar-refractivity contribution in [2.45, 2.75) is 56.6 Å². The highest BCUT2D eigenvalue weighted by Crippen LogP contribution is 2.46. The molecule has 5 atom stereocenters. The van der Waals surface area contributed by atoms with E-state index in [2.05, 4.69) is 31.2 Å². The highest BCUT2D eigenvalue weighted by Gasteiger charge is 2.58. The van der Waals surface area contributed by atoms with Crippen LogP contribution in [-0.2, 0) is 34.7 Å². The number of fused-ring (bicyclic) bond motifs is 2. The fourth-order valence-electron chi connectivity index (χ4n) is 4.06. The van der Waals surface area contributed by atoms with Gasteiger partial charge in [0, 0.05) is 5.56 Å². The monoisotopic (exact) mass is 386 g/mol. The summed E-state index contributed by atoms with van der Waals surface area (Å²) in [5, 5.41) is 40.5. The molecule has 2 aromatic carbocycles. The first-order valence-corrected chi connectivity index (χ1v) is 9.65. The van der Waals surface area contributed by atoms with Gasteiger partial charge in [-0.2, -0.15) is 0 Å². The third kappa shape index (κ3) is 3.16. The van der Waals surface area contributed by atoms with E-state index < -0.39 is 36.8 Å². The Bertz CT molecular complexity index is 833. The van der Waals surface area contributed by atoms with Crippen molar-refractivity contribution in [2.75, 3.05) is 6.61 Å². The predicted molar refractivity (Wildman–Crippen MR) is 102 cm³/mol. The quantitative estimate of drug-likeness (QED) is 0.626. The first kappa shape index (κ1) is 19.5. The van der Waals surface area contributed by atoms with E-state index in [-0.39, 0.29) is 6.61 Å². The van der Waals surface area contributed by atoms with Crippen LogP contribution in [0.5, 0.6) is 0 Å². The minimum atomic E-state index is -1.59. The number of aliphatic hydroxyl groups is 4. The Hall–Kier alpha value is -1.80. The van der Waals surface area contributed by atoms with Gasteiger partial charge in [-0.15, -0.1) is 0 Å². The molecule has 1 fully saturated rings. The maximum atomic E-state index is 10.7. The SMILES string of the molecule is CCc1ccc(Cc2ccc3c(c2)[C@]2(OC3)OC(CO)[C@@H](O)C(O)C2O)cc1. The Kier molecular flexibility index (Phi) is 5.26. The topological polar surface area (TPSA) is 99.4 Å². The molecule has 2 aliphatic heterocycles. The number of hydrogen-bond acceptors (Lipinski definition) is 6. The van der Waals surface area contributed by atoms with Crippen molar-refractivity contribution in [1.29, 1.82) is 0 Å². The molecule has 0 aliphatic carbocycles. The lowest BCUT2D eigenvalue weighted by Gasteiger charge is -2.46. The molecule has 0 aromatic heterocycles. The van der Waals surface area contributed by atoms with Crippen molar-refractivity contribution in [3.05, 3.63) is 70.3 Å². The van der Waals surface area contributed by atoms with Crippen molar-refractivity contribution in [1.82, 2.24) is 0 Å². The molecular formula is C22H26O6. The Morgan fingerprint density at radius 3 is 2.32 bits per heavy atom. The summed E-state index contributed by atoms with van der Waals surface area (Å²) in [6.07, 6.45) is -3.69. The fraction of sp³-hybridized carbons (Fsp3) is 0.455. The van der Waals surface area contributed by atoms with Crippen LogP contribution >= 0.6 is 0 Å². The van der Waals surface area contributed by atoms with Crippen LogP contribution in [0.2, 0.25) is 0 Å². The molecular weight excluding hydrogens is 360 g/mol. The highest BCUT2D eigenvalue weighted by molar-refractivity contribution is 5.41. The zero-order valence-corrected chi connectivity index (χ0v) is 15.8. The van der Waals surface area contributed by atoms with E-state index in [1.54, 1.807) is 0 Å². The van der Waals surface area contributed by atoms with Crippen LogP contribution in [0.4, 0.5) is 0 Å². The third-order valence-corrected chi connectivity index (χ3v) is 5.78. The normalized spacial score (nSPS) is 31.9. The average Bonchev–Trinajstić information content (AvgIpc) is 3.08. The molecule has 1 saturated heterocycles. The minimum absolute atomic E-state index is 0.221. The van der Waals surface area contributed by atoms with Gasteiger partial charge in [-0.3, -0.25) is 0 Å². The van der Waals surface area contributed by atoms with E-state index in [1.165, 1.54) is 11.1 Å². The Labute approximate surface area is 164 Å². The molecule has 3 unspecified atom stereocenters. The lowest BCUT2D eigenvalue weighted by molar-refractivity contribution is -0.368. The summed E-state index contributed by atoms with van der Waals surface area (Å²) in [5.74, 6) is -1.59. The molecule has 0 bridgehead atoms. The Balaban J connectivity index is 1.66. The number of hydrogen-bond donors (Lipinski definition) is 4. The summed E-state index contributed by atoms with van der Waals surface area (Å²) < 4.78 is 11.6. The molecule has 0 amide bonds. The summed E-state index contributed by atoms with van der Waals surface area (Å²) >= 11 is 0. The van der Waals surface area contributed by atoms with Crippen molar-refractivity contribution in [3.8, 4) is 0 Å². The highest BCUT2D eigenvalue weighted by atomic mass is 16.7. The molecule has 4 N–H and O–H groups in total. The Morgan fingerprint density at radius 1 is 0.964 bits per heavy atom. The van der Waals surface area contributed by atoms with Crippen LogP contribution in [0.25, 0.3) is 0 Å². The van der Waals surface area contributed by atoms with E-state index in [4.69, 9.17) is 9.47 Å². The number of rotatable bonds is 4. The van der Waals surface area contributed by atoms with Crippen molar-refractivity contribution in [2.24, 2.45) is 0 Å². The van der Waals surface area contributed by atoms with Crippen LogP contribution < -0.4 is 0 Å². The first-order chi connectivity index (χ1) is 13.5. The molecule has 28 heavy (non-hydrogen) atoms. The van der Waals surface area contributed by atoms with Crippen LogP contribution in [0.15, 0.2) is 42.5 Å². The lowest BCUT2D eigenvalue weighted by Crippen LogP contribution is -2.63. The van der Waals surface area contributed by atoms with Gasteiger partial charge in [-0.05, 0) is 41.2 Å². The summed E-state index contributed by atoms with van der Waals surface area (Å²) in [4.78, 5) is 0. The van der Waals surface area contributed by atoms with Crippen molar-refractivity contribution >= 4 is 0 Å². The van der Waals surface area contributed by atoms with Gasteiger partial charge in [0.1, 0.15) is 24.4 Å². The standard InChI is InChI=1S/C22H26O6/c1-2-13-3-5-14(6-4-13)9-15-7-8-16-12-27-22(17(16)10-15)21(26)20(25)19(24)18(11-23)28-22/h3-8,10,18-21,23-26H,2,9,11-12H2,1H3/t18?,19-,20?,21?,22+/m1/s1. The number of ether oxygens (including phenoxy) is 2. The molecule has 0 radical (unpaired) electrons. The number of aliphatic hydroxyl groups excluding tert-OH is 4. The van der Waals surface area contributed by atoms with Gasteiger partial charge in [0.05, 0.1) is 13.2 Å². The molecule has 2 aromatic rings. The van der Waals surface area contributed by atoms with Gasteiger partial charge in [0.15, 0.2) is 0 Å². The van der Waals surface area contributed by atoms with Crippen molar-refractivity contribution in [3.63, 3.8) is 0 Å². The summed E-state index contributed by atoms with van der Waals surface area (Å²) in [7, 11) is 0. The summed E-state index contributed by atoms with van der Waals surface area (Å²) in [6, 6.07) is 14.3. The molecule has 0 saturated carbocycles. The van der Waals surface area contributed by atoms with Gasteiger partial charge in [0.25, 0.3) is 0 Å². The van der Waals surface area contributed by atoms with Crippen LogP contribution in [0, 0.1) is 0 Å². The lowest BCUT2D eigenvalue weighted by atomic mass is 9.86. The largest absolute Gasteiger partial charge is 0.394 e. The molecule has 2 aliphatic rings. The van der Waals surface area contributed by atoms with E-state index in [9.17, 15) is 20.4 Å². The maximum absolute atomic E-state index is 10.7. The second-order valence-electron chi connectivity index (χ2n) is 7.56. The molecule has 150 valence electrons. The van der Waals surface area contributed by atoms with Gasteiger partial charge in [0.2, 0.25) is 5.79 Å². The molecule has 1 spiro atoms. The second-order valence-corrected chi connectivity index (χ2v) is 7.56. The molecule has 6 nitrogen and oxygen atoms in total. The van der Waals surface area contributed by atoms with Crippen molar-refractivity contribution < 1.29 is 29.9 Å². The number of aryl methyl sites for hydroxylation is 1. The van der Waals surface area contributed by atoms with Crippen LogP contribution in [-0.4, -0.2) is 51.4 Å². The molecule has 2 heterocycles. The average molecular weight is 386 g/mol. The van der Waals surface area contributed by atoms with E-state index in [1.807, 2.05) is 18.2 Å². The van der Waals surface area contributed by atoms with Gasteiger partial charge in [-0.1, -0.05) is 43.3 Å². The zero-order chi connectivity index (χ0) is 19.9. The third-order valence-electron chi connectivity index (χ3n) is 5.78. The summed E-state index contributed by atoms with van der Waals surface area (Å²) in [5.41, 5.74) is 4.95. The van der Waals surface area contributed by atoms with E-state index in [0.717, 1.165) is 17.5 Å². The zero-order valence-electron chi connectivity index (χ0n) is 15.8. The van der Waals surface area contributed by atoms with Crippen LogP contribution in [0.3, 0.4) is 0 Å². The Morgan fingerprint density at radius 2 is 1.64 bits per heavy atom. The summed E-state index contributed by atoms with van der Waals surface area (Å²) in [6.45, 7) is 1.85. The van der Waals surface area contributed by atoms with E-state index in [0.29, 0.717) is 12.0 Å². The number of benzene rings is 2. The molecule has 4 rings (SSSR count).